The second-order valence-corrected chi connectivity index (χ2v) is 6.00. The Hall–Kier alpha value is -2.37. The van der Waals surface area contributed by atoms with Crippen LogP contribution in [-0.2, 0) is 6.54 Å². The van der Waals surface area contributed by atoms with Crippen molar-refractivity contribution in [1.29, 1.82) is 0 Å². The number of aromatic nitrogens is 1. The number of pyridine rings is 1. The molecule has 0 fully saturated rings. The highest BCUT2D eigenvalue weighted by Gasteiger charge is 2.09. The highest BCUT2D eigenvalue weighted by atomic mass is 35.5. The van der Waals surface area contributed by atoms with Gasteiger partial charge in [0, 0.05) is 23.7 Å². The Morgan fingerprint density at radius 1 is 1.17 bits per heavy atom. The van der Waals surface area contributed by atoms with Crippen molar-refractivity contribution in [2.45, 2.75) is 6.54 Å². The van der Waals surface area contributed by atoms with E-state index in [0.29, 0.717) is 17.3 Å². The highest BCUT2D eigenvalue weighted by Crippen LogP contribution is 2.23. The number of nitrogens with zero attached hydrogens (tertiary/aromatic N) is 1. The highest BCUT2D eigenvalue weighted by molar-refractivity contribution is 7.08. The molecule has 0 saturated heterocycles. The molecule has 0 aliphatic heterocycles. The van der Waals surface area contributed by atoms with Gasteiger partial charge in [-0.15, -0.1) is 0 Å². The van der Waals surface area contributed by atoms with Crippen LogP contribution < -0.4 is 10.6 Å². The summed E-state index contributed by atoms with van der Waals surface area (Å²) in [4.78, 5) is 16.4. The molecule has 2 N–H and O–H groups in total. The van der Waals surface area contributed by atoms with E-state index in [1.54, 1.807) is 29.7 Å². The first-order valence-corrected chi connectivity index (χ1v) is 8.32. The molecule has 2 aromatic heterocycles. The molecule has 6 heteroatoms. The predicted molar refractivity (Wildman–Crippen MR) is 94.9 cm³/mol. The lowest BCUT2D eigenvalue weighted by Gasteiger charge is -2.11. The van der Waals surface area contributed by atoms with Crippen molar-refractivity contribution < 1.29 is 4.79 Å². The molecule has 4 nitrogen and oxygen atoms in total. The largest absolute Gasteiger partial charge is 0.334 e. The van der Waals surface area contributed by atoms with Gasteiger partial charge in [0.25, 0.3) is 0 Å². The number of hydrogen-bond donors (Lipinski definition) is 2. The first kappa shape index (κ1) is 15.5. The van der Waals surface area contributed by atoms with E-state index in [9.17, 15) is 4.79 Å². The zero-order chi connectivity index (χ0) is 16.1. The quantitative estimate of drug-likeness (QED) is 0.716. The second kappa shape index (κ2) is 7.26. The zero-order valence-corrected chi connectivity index (χ0v) is 13.7. The molecule has 0 spiro atoms. The van der Waals surface area contributed by atoms with Gasteiger partial charge in [-0.25, -0.2) is 4.79 Å². The van der Waals surface area contributed by atoms with Crippen molar-refractivity contribution in [3.63, 3.8) is 0 Å². The Kier molecular flexibility index (Phi) is 4.90. The molecular formula is C17H14ClN3OS. The predicted octanol–water partition coefficient (Wildman–Crippen LogP) is 4.79. The van der Waals surface area contributed by atoms with E-state index in [1.807, 2.05) is 41.1 Å². The van der Waals surface area contributed by atoms with E-state index in [4.69, 9.17) is 11.6 Å². The molecule has 0 bridgehead atoms. The number of para-hydroxylation sites is 1. The molecule has 23 heavy (non-hydrogen) atoms. The third kappa shape index (κ3) is 3.88. The molecule has 116 valence electrons. The molecule has 1 aromatic carbocycles. The van der Waals surface area contributed by atoms with Crippen LogP contribution >= 0.6 is 22.9 Å². The molecule has 0 atom stereocenters. The number of hydrogen-bond acceptors (Lipinski definition) is 3. The van der Waals surface area contributed by atoms with Gasteiger partial charge in [-0.1, -0.05) is 29.8 Å². The molecule has 3 aromatic rings. The fraction of sp³-hybridized carbons (Fsp3) is 0.0588. The zero-order valence-electron chi connectivity index (χ0n) is 12.1. The van der Waals surface area contributed by atoms with Crippen molar-refractivity contribution >= 4 is 34.7 Å². The van der Waals surface area contributed by atoms with Crippen molar-refractivity contribution in [2.24, 2.45) is 0 Å². The third-order valence-electron chi connectivity index (χ3n) is 3.25. The molecule has 0 aliphatic rings. The fourth-order valence-corrected chi connectivity index (χ4v) is 2.97. The van der Waals surface area contributed by atoms with Crippen molar-refractivity contribution in [3.05, 3.63) is 70.0 Å². The van der Waals surface area contributed by atoms with Crippen LogP contribution in [0.25, 0.3) is 11.3 Å². The van der Waals surface area contributed by atoms with E-state index in [0.717, 1.165) is 16.8 Å². The molecule has 0 aliphatic carbocycles. The number of thiophene rings is 1. The van der Waals surface area contributed by atoms with Crippen molar-refractivity contribution in [2.75, 3.05) is 5.32 Å². The first-order valence-electron chi connectivity index (χ1n) is 7.00. The maximum absolute atomic E-state index is 12.0. The molecule has 0 radical (unpaired) electrons. The van der Waals surface area contributed by atoms with Gasteiger partial charge in [0.15, 0.2) is 0 Å². The summed E-state index contributed by atoms with van der Waals surface area (Å²) in [6, 6.07) is 12.6. The standard InChI is InChI=1S/C17H14ClN3OS/c18-14-5-1-2-6-15(14)21-17(22)20-10-12-4-3-8-19-16(12)13-7-9-23-11-13/h1-9,11H,10H2,(H2,20,21,22). The number of halogens is 1. The summed E-state index contributed by atoms with van der Waals surface area (Å²) in [6.45, 7) is 0.384. The Bertz CT molecular complexity index is 805. The van der Waals surface area contributed by atoms with Gasteiger partial charge in [-0.05, 0) is 35.2 Å². The summed E-state index contributed by atoms with van der Waals surface area (Å²) in [7, 11) is 0. The van der Waals surface area contributed by atoms with Crippen LogP contribution in [0.1, 0.15) is 5.56 Å². The summed E-state index contributed by atoms with van der Waals surface area (Å²) in [6.07, 6.45) is 1.75. The van der Waals surface area contributed by atoms with Crippen LogP contribution in [0.2, 0.25) is 5.02 Å². The minimum Gasteiger partial charge on any atom is -0.334 e. The smallest absolute Gasteiger partial charge is 0.319 e. The summed E-state index contributed by atoms with van der Waals surface area (Å²) >= 11 is 7.64. The maximum atomic E-state index is 12.0. The van der Waals surface area contributed by atoms with Gasteiger partial charge in [-0.2, -0.15) is 11.3 Å². The van der Waals surface area contributed by atoms with Gasteiger partial charge in [0.2, 0.25) is 0 Å². The Morgan fingerprint density at radius 2 is 2.04 bits per heavy atom. The first-order chi connectivity index (χ1) is 11.2. The van der Waals surface area contributed by atoms with E-state index in [-0.39, 0.29) is 6.03 Å². The lowest BCUT2D eigenvalue weighted by Crippen LogP contribution is -2.28. The number of benzene rings is 1. The van der Waals surface area contributed by atoms with E-state index < -0.39 is 0 Å². The maximum Gasteiger partial charge on any atom is 0.319 e. The third-order valence-corrected chi connectivity index (χ3v) is 4.26. The van der Waals surface area contributed by atoms with Crippen molar-refractivity contribution in [3.8, 4) is 11.3 Å². The molecule has 0 saturated carbocycles. The Balaban J connectivity index is 1.67. The fourth-order valence-electron chi connectivity index (χ4n) is 2.14. The van der Waals surface area contributed by atoms with Crippen molar-refractivity contribution in [1.82, 2.24) is 10.3 Å². The summed E-state index contributed by atoms with van der Waals surface area (Å²) in [5, 5.41) is 10.1. The summed E-state index contributed by atoms with van der Waals surface area (Å²) < 4.78 is 0. The van der Waals surface area contributed by atoms with Gasteiger partial charge in [-0.3, -0.25) is 4.98 Å². The molecular weight excluding hydrogens is 330 g/mol. The number of anilines is 1. The summed E-state index contributed by atoms with van der Waals surface area (Å²) in [5.74, 6) is 0. The van der Waals surface area contributed by atoms with E-state index >= 15 is 0 Å². The number of carbonyl (C=O) groups excluding carboxylic acids is 1. The van der Waals surface area contributed by atoms with Gasteiger partial charge in [0.05, 0.1) is 16.4 Å². The van der Waals surface area contributed by atoms with Crippen LogP contribution in [0.15, 0.2) is 59.4 Å². The lowest BCUT2D eigenvalue weighted by molar-refractivity contribution is 0.252. The second-order valence-electron chi connectivity index (χ2n) is 4.81. The van der Waals surface area contributed by atoms with Crippen LogP contribution in [0, 0.1) is 0 Å². The number of amides is 2. The van der Waals surface area contributed by atoms with E-state index in [2.05, 4.69) is 15.6 Å². The SMILES string of the molecule is O=C(NCc1cccnc1-c1ccsc1)Nc1ccccc1Cl. The lowest BCUT2D eigenvalue weighted by atomic mass is 10.1. The van der Waals surface area contributed by atoms with Crippen LogP contribution in [0.3, 0.4) is 0 Å². The molecule has 3 rings (SSSR count). The normalized spacial score (nSPS) is 10.3. The number of nitrogens with one attached hydrogen (secondary N) is 2. The van der Waals surface area contributed by atoms with Crippen LogP contribution in [-0.4, -0.2) is 11.0 Å². The van der Waals surface area contributed by atoms with Gasteiger partial charge >= 0.3 is 6.03 Å². The molecule has 0 unspecified atom stereocenters. The molecule has 2 heterocycles. The number of rotatable bonds is 4. The summed E-state index contributed by atoms with van der Waals surface area (Å²) in [5.41, 5.74) is 3.47. The Labute approximate surface area is 143 Å². The topological polar surface area (TPSA) is 54.0 Å². The van der Waals surface area contributed by atoms with Crippen LogP contribution in [0.5, 0.6) is 0 Å². The van der Waals surface area contributed by atoms with Gasteiger partial charge in [0.1, 0.15) is 0 Å². The number of carbonyl (C=O) groups is 1. The van der Waals surface area contributed by atoms with Crippen LogP contribution in [0.4, 0.5) is 10.5 Å². The number of urea groups is 1. The minimum absolute atomic E-state index is 0.307. The Morgan fingerprint density at radius 3 is 2.83 bits per heavy atom. The minimum atomic E-state index is -0.307. The average Bonchev–Trinajstić information content (AvgIpc) is 3.10. The average molecular weight is 344 g/mol. The monoisotopic (exact) mass is 343 g/mol. The van der Waals surface area contributed by atoms with E-state index in [1.165, 1.54) is 0 Å². The molecule has 2 amide bonds. The van der Waals surface area contributed by atoms with Gasteiger partial charge < -0.3 is 10.6 Å².